The van der Waals surface area contributed by atoms with E-state index in [1.165, 1.54) is 0 Å². The van der Waals surface area contributed by atoms with Gasteiger partial charge in [-0.05, 0) is 13.8 Å². The normalized spacial score (nSPS) is 12.8. The van der Waals surface area contributed by atoms with Crippen LogP contribution in [0.4, 0.5) is 0 Å². The highest BCUT2D eigenvalue weighted by Gasteiger charge is 2.26. The predicted octanol–water partition coefficient (Wildman–Crippen LogP) is -0.598. The molecule has 1 atom stereocenters. The Labute approximate surface area is 77.2 Å². The van der Waals surface area contributed by atoms with Crippen LogP contribution in [-0.2, 0) is 14.8 Å². The number of rotatable bonds is 4. The monoisotopic (exact) mass is 205 g/mol. The van der Waals surface area contributed by atoms with Gasteiger partial charge in [-0.1, -0.05) is 5.92 Å². The van der Waals surface area contributed by atoms with Crippen molar-refractivity contribution in [2.24, 2.45) is 0 Å². The molecule has 0 radical (unpaired) electrons. The Hall–Kier alpha value is -1.06. The van der Waals surface area contributed by atoms with Crippen LogP contribution >= 0.6 is 0 Å². The van der Waals surface area contributed by atoms with Gasteiger partial charge in [0, 0.05) is 0 Å². The lowest BCUT2D eigenvalue weighted by molar-refractivity contribution is -0.136. The SMILES string of the molecule is CC#CCNS(=O)(=O)C(C)C(=O)O. The van der Waals surface area contributed by atoms with Crippen LogP contribution < -0.4 is 4.72 Å². The van der Waals surface area contributed by atoms with Gasteiger partial charge in [0.2, 0.25) is 10.0 Å². The average molecular weight is 205 g/mol. The quantitative estimate of drug-likeness (QED) is 0.600. The van der Waals surface area contributed by atoms with Crippen molar-refractivity contribution in [2.45, 2.75) is 19.1 Å². The molecule has 6 heteroatoms. The van der Waals surface area contributed by atoms with Gasteiger partial charge in [0.15, 0.2) is 5.25 Å². The van der Waals surface area contributed by atoms with Gasteiger partial charge < -0.3 is 5.11 Å². The zero-order valence-corrected chi connectivity index (χ0v) is 8.18. The molecule has 0 aliphatic heterocycles. The summed E-state index contributed by atoms with van der Waals surface area (Å²) in [5.41, 5.74) is 0. The van der Waals surface area contributed by atoms with Crippen LogP contribution in [0, 0.1) is 11.8 Å². The fourth-order valence-corrected chi connectivity index (χ4v) is 1.27. The maximum Gasteiger partial charge on any atom is 0.323 e. The Kier molecular flexibility index (Phi) is 4.45. The molecule has 0 bridgehead atoms. The number of aliphatic carboxylic acids is 1. The van der Waals surface area contributed by atoms with Crippen LogP contribution in [0.25, 0.3) is 0 Å². The van der Waals surface area contributed by atoms with Crippen LogP contribution in [0.3, 0.4) is 0 Å². The molecule has 0 aromatic heterocycles. The molecule has 0 aromatic rings. The second kappa shape index (κ2) is 4.84. The van der Waals surface area contributed by atoms with Gasteiger partial charge in [-0.2, -0.15) is 0 Å². The molecule has 13 heavy (non-hydrogen) atoms. The van der Waals surface area contributed by atoms with E-state index in [0.717, 1.165) is 6.92 Å². The van der Waals surface area contributed by atoms with E-state index in [-0.39, 0.29) is 6.54 Å². The number of nitrogens with one attached hydrogen (secondary N) is 1. The molecule has 0 saturated heterocycles. The molecule has 1 unspecified atom stereocenters. The first-order valence-corrected chi connectivity index (χ1v) is 5.07. The molecular weight excluding hydrogens is 194 g/mol. The number of hydrogen-bond donors (Lipinski definition) is 2. The minimum Gasteiger partial charge on any atom is -0.480 e. The van der Waals surface area contributed by atoms with E-state index in [1.807, 2.05) is 0 Å². The van der Waals surface area contributed by atoms with Crippen LogP contribution in [-0.4, -0.2) is 31.3 Å². The van der Waals surface area contributed by atoms with Crippen molar-refractivity contribution in [1.29, 1.82) is 0 Å². The molecule has 0 aliphatic rings. The summed E-state index contributed by atoms with van der Waals surface area (Å²) in [7, 11) is -3.78. The molecule has 5 nitrogen and oxygen atoms in total. The van der Waals surface area contributed by atoms with Gasteiger partial charge in [-0.25, -0.2) is 13.1 Å². The Bertz CT molecular complexity index is 335. The first kappa shape index (κ1) is 11.9. The summed E-state index contributed by atoms with van der Waals surface area (Å²) < 4.78 is 24.2. The number of carboxylic acids is 1. The van der Waals surface area contributed by atoms with Gasteiger partial charge in [-0.3, -0.25) is 4.79 Å². The Morgan fingerprint density at radius 1 is 1.62 bits per heavy atom. The molecule has 0 amide bonds. The summed E-state index contributed by atoms with van der Waals surface area (Å²) in [6, 6.07) is 0. The highest BCUT2D eigenvalue weighted by Crippen LogP contribution is 1.96. The topological polar surface area (TPSA) is 83.5 Å². The van der Waals surface area contributed by atoms with Crippen molar-refractivity contribution >= 4 is 16.0 Å². The molecule has 0 fully saturated rings. The third-order valence-electron chi connectivity index (χ3n) is 1.35. The summed E-state index contributed by atoms with van der Waals surface area (Å²) in [6.07, 6.45) is 0. The van der Waals surface area contributed by atoms with E-state index in [2.05, 4.69) is 16.6 Å². The van der Waals surface area contributed by atoms with Crippen LogP contribution in [0.15, 0.2) is 0 Å². The summed E-state index contributed by atoms with van der Waals surface area (Å²) in [6.45, 7) is 2.61. The van der Waals surface area contributed by atoms with Gasteiger partial charge in [0.05, 0.1) is 6.54 Å². The van der Waals surface area contributed by atoms with Crippen molar-refractivity contribution in [3.63, 3.8) is 0 Å². The van der Waals surface area contributed by atoms with Gasteiger partial charge in [0.1, 0.15) is 0 Å². The third kappa shape index (κ3) is 3.92. The smallest absolute Gasteiger partial charge is 0.323 e. The molecule has 0 spiro atoms. The van der Waals surface area contributed by atoms with E-state index < -0.39 is 21.2 Å². The fraction of sp³-hybridized carbons (Fsp3) is 0.571. The van der Waals surface area contributed by atoms with Crippen molar-refractivity contribution in [2.75, 3.05) is 6.54 Å². The molecule has 2 N–H and O–H groups in total. The summed E-state index contributed by atoms with van der Waals surface area (Å²) in [5.74, 6) is 3.57. The second-order valence-corrected chi connectivity index (χ2v) is 4.36. The van der Waals surface area contributed by atoms with Crippen molar-refractivity contribution in [3.8, 4) is 11.8 Å². The largest absolute Gasteiger partial charge is 0.480 e. The minimum absolute atomic E-state index is 0.0591. The van der Waals surface area contributed by atoms with E-state index >= 15 is 0 Å². The lowest BCUT2D eigenvalue weighted by Crippen LogP contribution is -2.37. The summed E-state index contributed by atoms with van der Waals surface area (Å²) >= 11 is 0. The first-order chi connectivity index (χ1) is 5.91. The molecular formula is C7H11NO4S. The van der Waals surface area contributed by atoms with Crippen molar-refractivity contribution in [1.82, 2.24) is 4.72 Å². The molecule has 0 heterocycles. The molecule has 0 aromatic carbocycles. The Morgan fingerprint density at radius 2 is 2.15 bits per heavy atom. The predicted molar refractivity (Wildman–Crippen MR) is 47.5 cm³/mol. The average Bonchev–Trinajstić information content (AvgIpc) is 2.03. The van der Waals surface area contributed by atoms with Crippen molar-refractivity contribution in [3.05, 3.63) is 0 Å². The number of hydrogen-bond acceptors (Lipinski definition) is 3. The van der Waals surface area contributed by atoms with E-state index in [9.17, 15) is 13.2 Å². The van der Waals surface area contributed by atoms with E-state index in [0.29, 0.717) is 0 Å². The van der Waals surface area contributed by atoms with Gasteiger partial charge in [0.25, 0.3) is 0 Å². The molecule has 0 aliphatic carbocycles. The van der Waals surface area contributed by atoms with E-state index in [4.69, 9.17) is 5.11 Å². The van der Waals surface area contributed by atoms with Crippen LogP contribution in [0.1, 0.15) is 13.8 Å². The molecule has 0 saturated carbocycles. The zero-order valence-electron chi connectivity index (χ0n) is 7.36. The van der Waals surface area contributed by atoms with Gasteiger partial charge >= 0.3 is 5.97 Å². The first-order valence-electron chi connectivity index (χ1n) is 3.52. The number of carbonyl (C=O) groups is 1. The fourth-order valence-electron chi connectivity index (χ4n) is 0.483. The molecule has 0 rings (SSSR count). The highest BCUT2D eigenvalue weighted by molar-refractivity contribution is 7.90. The minimum atomic E-state index is -3.78. The lowest BCUT2D eigenvalue weighted by atomic mass is 10.5. The van der Waals surface area contributed by atoms with Crippen LogP contribution in [0.2, 0.25) is 0 Å². The maximum absolute atomic E-state index is 11.1. The third-order valence-corrected chi connectivity index (χ3v) is 3.03. The number of carboxylic acid groups (broad SMARTS) is 1. The summed E-state index contributed by atoms with van der Waals surface area (Å²) in [4.78, 5) is 10.3. The summed E-state index contributed by atoms with van der Waals surface area (Å²) in [5, 5.41) is 6.97. The Balaban J connectivity index is 4.38. The standard InChI is InChI=1S/C7H11NO4S/c1-3-4-5-8-13(11,12)6(2)7(9)10/h6,8H,5H2,1-2H3,(H,9,10). The van der Waals surface area contributed by atoms with Crippen LogP contribution in [0.5, 0.6) is 0 Å². The Morgan fingerprint density at radius 3 is 2.54 bits per heavy atom. The lowest BCUT2D eigenvalue weighted by Gasteiger charge is -2.06. The van der Waals surface area contributed by atoms with E-state index in [1.54, 1.807) is 6.92 Å². The zero-order chi connectivity index (χ0) is 10.5. The van der Waals surface area contributed by atoms with Crippen molar-refractivity contribution < 1.29 is 18.3 Å². The molecule has 74 valence electrons. The van der Waals surface area contributed by atoms with Gasteiger partial charge in [-0.15, -0.1) is 5.92 Å². The second-order valence-electron chi connectivity index (χ2n) is 2.27. The maximum atomic E-state index is 11.1. The highest BCUT2D eigenvalue weighted by atomic mass is 32.2. The number of sulfonamides is 1.